The molecule has 0 radical (unpaired) electrons. The number of allylic oxidation sites excluding steroid dienone is 1. The van der Waals surface area contributed by atoms with E-state index in [1.54, 1.807) is 12.1 Å². The Balaban J connectivity index is 1.98. The summed E-state index contributed by atoms with van der Waals surface area (Å²) in [6.45, 7) is 0. The molecule has 1 aliphatic heterocycles. The highest BCUT2D eigenvalue weighted by atomic mass is 19.1. The fraction of sp³-hybridized carbons (Fsp3) is 0.267. The smallest absolute Gasteiger partial charge is 0.339 e. The zero-order valence-corrected chi connectivity index (χ0v) is 10.4. The van der Waals surface area contributed by atoms with Crippen molar-refractivity contribution in [1.29, 1.82) is 0 Å². The summed E-state index contributed by atoms with van der Waals surface area (Å²) in [5.41, 5.74) is 8.16. The molecule has 2 N–H and O–H groups in total. The molecule has 4 heteroatoms. The van der Waals surface area contributed by atoms with E-state index < -0.39 is 5.82 Å². The summed E-state index contributed by atoms with van der Waals surface area (Å²) in [6, 6.07) is 4.47. The third kappa shape index (κ3) is 2.14. The minimum atomic E-state index is -0.442. The van der Waals surface area contributed by atoms with E-state index in [0.29, 0.717) is 5.76 Å². The molecule has 98 valence electrons. The quantitative estimate of drug-likeness (QED) is 0.622. The second-order valence-electron chi connectivity index (χ2n) is 4.84. The van der Waals surface area contributed by atoms with Gasteiger partial charge in [0.05, 0.1) is 5.69 Å². The van der Waals surface area contributed by atoms with E-state index in [9.17, 15) is 9.18 Å². The number of ether oxygens (including phenoxy) is 1. The minimum Gasteiger partial charge on any atom is -0.423 e. The number of benzene rings is 1. The molecule has 2 aliphatic rings. The van der Waals surface area contributed by atoms with Crippen LogP contribution >= 0.6 is 0 Å². The van der Waals surface area contributed by atoms with E-state index >= 15 is 0 Å². The van der Waals surface area contributed by atoms with Gasteiger partial charge in [-0.3, -0.25) is 0 Å². The molecule has 0 saturated carbocycles. The first-order valence-electron chi connectivity index (χ1n) is 6.36. The van der Waals surface area contributed by atoms with Gasteiger partial charge in [0, 0.05) is 11.1 Å². The van der Waals surface area contributed by atoms with Crippen LogP contribution < -0.4 is 5.73 Å². The number of nitrogen functional groups attached to an aromatic ring is 1. The summed E-state index contributed by atoms with van der Waals surface area (Å²) in [5.74, 6) is -0.0927. The largest absolute Gasteiger partial charge is 0.423 e. The average Bonchev–Trinajstić information content (AvgIpc) is 2.72. The van der Waals surface area contributed by atoms with Crippen molar-refractivity contribution >= 4 is 17.7 Å². The Kier molecular flexibility index (Phi) is 2.85. The highest BCUT2D eigenvalue weighted by Crippen LogP contribution is 2.37. The van der Waals surface area contributed by atoms with Crippen molar-refractivity contribution in [2.24, 2.45) is 0 Å². The van der Waals surface area contributed by atoms with Gasteiger partial charge < -0.3 is 10.5 Å². The summed E-state index contributed by atoms with van der Waals surface area (Å²) in [5, 5.41) is 0. The second kappa shape index (κ2) is 4.53. The van der Waals surface area contributed by atoms with Gasteiger partial charge in [-0.2, -0.15) is 0 Å². The van der Waals surface area contributed by atoms with Crippen molar-refractivity contribution in [1.82, 2.24) is 0 Å². The molecule has 1 aromatic carbocycles. The first kappa shape index (κ1) is 12.0. The van der Waals surface area contributed by atoms with Gasteiger partial charge in [0.15, 0.2) is 0 Å². The van der Waals surface area contributed by atoms with Crippen molar-refractivity contribution < 1.29 is 13.9 Å². The van der Waals surface area contributed by atoms with E-state index in [1.165, 1.54) is 12.1 Å². The molecule has 0 unspecified atom stereocenters. The van der Waals surface area contributed by atoms with Crippen molar-refractivity contribution in [2.75, 3.05) is 5.73 Å². The van der Waals surface area contributed by atoms with Crippen LogP contribution in [0.4, 0.5) is 10.1 Å². The van der Waals surface area contributed by atoms with E-state index in [4.69, 9.17) is 10.5 Å². The van der Waals surface area contributed by atoms with Crippen LogP contribution in [0.25, 0.3) is 6.08 Å². The lowest BCUT2D eigenvalue weighted by molar-refractivity contribution is -0.133. The number of hydrogen-bond acceptors (Lipinski definition) is 3. The van der Waals surface area contributed by atoms with Gasteiger partial charge >= 0.3 is 5.97 Å². The molecule has 1 aromatic rings. The van der Waals surface area contributed by atoms with Gasteiger partial charge in [0.2, 0.25) is 0 Å². The first-order chi connectivity index (χ1) is 9.15. The highest BCUT2D eigenvalue weighted by molar-refractivity contribution is 5.95. The molecule has 3 nitrogen and oxygen atoms in total. The molecule has 3 rings (SSSR count). The maximum absolute atomic E-state index is 13.1. The Labute approximate surface area is 110 Å². The number of cyclic esters (lactones) is 1. The maximum Gasteiger partial charge on any atom is 0.339 e. The summed E-state index contributed by atoms with van der Waals surface area (Å²) >= 11 is 0. The van der Waals surface area contributed by atoms with Crippen LogP contribution in [-0.2, 0) is 9.53 Å². The van der Waals surface area contributed by atoms with Gasteiger partial charge in [-0.05, 0) is 49.5 Å². The van der Waals surface area contributed by atoms with E-state index in [2.05, 4.69) is 0 Å². The van der Waals surface area contributed by atoms with Gasteiger partial charge in [-0.1, -0.05) is 6.07 Å². The van der Waals surface area contributed by atoms with Crippen LogP contribution in [0.3, 0.4) is 0 Å². The summed E-state index contributed by atoms with van der Waals surface area (Å²) in [6.07, 6.45) is 5.51. The molecule has 0 atom stereocenters. The number of esters is 1. The summed E-state index contributed by atoms with van der Waals surface area (Å²) in [4.78, 5) is 11.7. The number of nitrogens with two attached hydrogens (primary N) is 1. The Morgan fingerprint density at radius 2 is 1.95 bits per heavy atom. The minimum absolute atomic E-state index is 0.0940. The van der Waals surface area contributed by atoms with Gasteiger partial charge in [0.25, 0.3) is 0 Å². The number of rotatable bonds is 1. The lowest BCUT2D eigenvalue weighted by Gasteiger charge is -2.10. The molecule has 0 amide bonds. The third-order valence-corrected chi connectivity index (χ3v) is 3.53. The predicted molar refractivity (Wildman–Crippen MR) is 70.4 cm³/mol. The molecule has 0 saturated heterocycles. The summed E-state index contributed by atoms with van der Waals surface area (Å²) < 4.78 is 18.4. The number of anilines is 1. The predicted octanol–water partition coefficient (Wildman–Crippen LogP) is 3.18. The molecule has 0 bridgehead atoms. The third-order valence-electron chi connectivity index (χ3n) is 3.53. The Morgan fingerprint density at radius 1 is 1.21 bits per heavy atom. The lowest BCUT2D eigenvalue weighted by atomic mass is 9.92. The van der Waals surface area contributed by atoms with E-state index in [1.807, 2.05) is 0 Å². The van der Waals surface area contributed by atoms with Gasteiger partial charge in [-0.25, -0.2) is 9.18 Å². The molecule has 0 spiro atoms. The average molecular weight is 259 g/mol. The molecule has 0 aromatic heterocycles. The Bertz CT molecular complexity index is 617. The van der Waals surface area contributed by atoms with Crippen molar-refractivity contribution in [3.8, 4) is 0 Å². The van der Waals surface area contributed by atoms with E-state index in [-0.39, 0.29) is 11.7 Å². The second-order valence-corrected chi connectivity index (χ2v) is 4.84. The Morgan fingerprint density at radius 3 is 2.68 bits per heavy atom. The van der Waals surface area contributed by atoms with Crippen LogP contribution in [0.2, 0.25) is 0 Å². The molecular weight excluding hydrogens is 245 g/mol. The van der Waals surface area contributed by atoms with Crippen LogP contribution in [0.5, 0.6) is 0 Å². The van der Waals surface area contributed by atoms with Crippen molar-refractivity contribution in [3.63, 3.8) is 0 Å². The van der Waals surface area contributed by atoms with Crippen LogP contribution in [0.1, 0.15) is 31.2 Å². The Hall–Kier alpha value is -2.10. The zero-order chi connectivity index (χ0) is 13.4. The molecule has 0 fully saturated rings. The fourth-order valence-corrected chi connectivity index (χ4v) is 2.55. The highest BCUT2D eigenvalue weighted by Gasteiger charge is 2.31. The normalized spacial score (nSPS) is 20.7. The van der Waals surface area contributed by atoms with Gasteiger partial charge in [-0.15, -0.1) is 0 Å². The molecular formula is C15H14FNO2. The molecule has 19 heavy (non-hydrogen) atoms. The van der Waals surface area contributed by atoms with Crippen molar-refractivity contribution in [2.45, 2.75) is 25.7 Å². The zero-order valence-electron chi connectivity index (χ0n) is 10.4. The van der Waals surface area contributed by atoms with Crippen LogP contribution in [0, 0.1) is 5.82 Å². The monoisotopic (exact) mass is 259 g/mol. The maximum atomic E-state index is 13.1. The van der Waals surface area contributed by atoms with Crippen LogP contribution in [-0.4, -0.2) is 5.97 Å². The molecule has 1 heterocycles. The number of carbonyl (C=O) groups is 1. The summed E-state index contributed by atoms with van der Waals surface area (Å²) in [7, 11) is 0. The lowest BCUT2D eigenvalue weighted by Crippen LogP contribution is -2.01. The standard InChI is InChI=1S/C15H14FNO2/c16-12-6-5-9(7-13(12)17)8-14-10-3-1-2-4-11(10)15(18)19-14/h5-8H,1-4,17H2/b14-8+. The first-order valence-corrected chi connectivity index (χ1v) is 6.36. The molecule has 1 aliphatic carbocycles. The van der Waals surface area contributed by atoms with Gasteiger partial charge in [0.1, 0.15) is 11.6 Å². The van der Waals surface area contributed by atoms with Crippen LogP contribution in [0.15, 0.2) is 35.1 Å². The topological polar surface area (TPSA) is 52.3 Å². The number of hydrogen-bond donors (Lipinski definition) is 1. The SMILES string of the molecule is Nc1cc(/C=C2/OC(=O)C3=C2CCCC3)ccc1F. The fourth-order valence-electron chi connectivity index (χ4n) is 2.55. The number of halogens is 1. The number of carbonyl (C=O) groups excluding carboxylic acids is 1. The van der Waals surface area contributed by atoms with Crippen molar-refractivity contribution in [3.05, 3.63) is 46.5 Å². The van der Waals surface area contributed by atoms with E-state index in [0.717, 1.165) is 42.4 Å².